The summed E-state index contributed by atoms with van der Waals surface area (Å²) in [6.45, 7) is 2.53. The highest BCUT2D eigenvalue weighted by Gasteiger charge is 2.05. The van der Waals surface area contributed by atoms with Crippen LogP contribution in [0.3, 0.4) is 0 Å². The van der Waals surface area contributed by atoms with Gasteiger partial charge in [0.2, 0.25) is 5.95 Å². The molecule has 2 rings (SSSR count). The van der Waals surface area contributed by atoms with Crippen molar-refractivity contribution in [1.82, 2.24) is 19.5 Å². The van der Waals surface area contributed by atoms with Gasteiger partial charge in [0.05, 0.1) is 12.5 Å². The van der Waals surface area contributed by atoms with Crippen molar-refractivity contribution < 1.29 is 0 Å². The number of hydrogen-bond acceptors (Lipinski definition) is 5. The number of aromatic nitrogens is 4. The molecular formula is C9H14N6. The minimum atomic E-state index is 0.163. The highest BCUT2D eigenvalue weighted by atomic mass is 15.2. The molecule has 0 aliphatic heterocycles. The molecule has 0 aromatic carbocycles. The molecule has 6 nitrogen and oxygen atoms in total. The fourth-order valence-corrected chi connectivity index (χ4v) is 1.27. The molecule has 0 saturated carbocycles. The third-order valence-corrected chi connectivity index (χ3v) is 2.18. The highest BCUT2D eigenvalue weighted by Crippen LogP contribution is 2.09. The number of anilines is 1. The van der Waals surface area contributed by atoms with E-state index in [-0.39, 0.29) is 6.04 Å². The van der Waals surface area contributed by atoms with E-state index in [1.165, 1.54) is 0 Å². The van der Waals surface area contributed by atoms with Crippen LogP contribution in [0.1, 0.15) is 6.92 Å². The first kappa shape index (κ1) is 9.85. The average molecular weight is 206 g/mol. The third kappa shape index (κ3) is 1.89. The summed E-state index contributed by atoms with van der Waals surface area (Å²) in [6, 6.07) is 0.163. The van der Waals surface area contributed by atoms with Crippen LogP contribution >= 0.6 is 0 Å². The quantitative estimate of drug-likeness (QED) is 0.745. The monoisotopic (exact) mass is 206 g/mol. The van der Waals surface area contributed by atoms with E-state index in [2.05, 4.69) is 20.3 Å². The SMILES string of the molecule is CC(CN)Nc1ncc2ncn(C)c2n1. The Morgan fingerprint density at radius 1 is 1.53 bits per heavy atom. The number of nitrogens with zero attached hydrogens (tertiary/aromatic N) is 4. The predicted octanol–water partition coefficient (Wildman–Crippen LogP) is 0.122. The molecule has 2 aromatic rings. The van der Waals surface area contributed by atoms with Crippen LogP contribution in [0.25, 0.3) is 11.2 Å². The van der Waals surface area contributed by atoms with Crippen LogP contribution in [0, 0.1) is 0 Å². The van der Waals surface area contributed by atoms with Crippen LogP contribution < -0.4 is 11.1 Å². The second kappa shape index (κ2) is 3.82. The summed E-state index contributed by atoms with van der Waals surface area (Å²) >= 11 is 0. The smallest absolute Gasteiger partial charge is 0.225 e. The predicted molar refractivity (Wildman–Crippen MR) is 58.4 cm³/mol. The molecule has 80 valence electrons. The largest absolute Gasteiger partial charge is 0.350 e. The molecule has 3 N–H and O–H groups in total. The Morgan fingerprint density at radius 2 is 2.33 bits per heavy atom. The molecule has 6 heteroatoms. The molecule has 1 atom stereocenters. The highest BCUT2D eigenvalue weighted by molar-refractivity contribution is 5.70. The Morgan fingerprint density at radius 3 is 3.07 bits per heavy atom. The van der Waals surface area contributed by atoms with Gasteiger partial charge in [-0.15, -0.1) is 0 Å². The number of imidazole rings is 1. The minimum absolute atomic E-state index is 0.163. The molecular weight excluding hydrogens is 192 g/mol. The van der Waals surface area contributed by atoms with Crippen molar-refractivity contribution in [2.75, 3.05) is 11.9 Å². The second-order valence-electron chi connectivity index (χ2n) is 3.54. The Hall–Kier alpha value is -1.69. The van der Waals surface area contributed by atoms with Gasteiger partial charge >= 0.3 is 0 Å². The van der Waals surface area contributed by atoms with E-state index in [9.17, 15) is 0 Å². The second-order valence-corrected chi connectivity index (χ2v) is 3.54. The van der Waals surface area contributed by atoms with Crippen LogP contribution in [0.15, 0.2) is 12.5 Å². The summed E-state index contributed by atoms with van der Waals surface area (Å²) in [5.74, 6) is 0.587. The number of nitrogens with two attached hydrogens (primary N) is 1. The number of rotatable bonds is 3. The fraction of sp³-hybridized carbons (Fsp3) is 0.444. The van der Waals surface area contributed by atoms with Crippen molar-refractivity contribution in [3.05, 3.63) is 12.5 Å². The van der Waals surface area contributed by atoms with Gasteiger partial charge < -0.3 is 15.6 Å². The third-order valence-electron chi connectivity index (χ3n) is 2.18. The minimum Gasteiger partial charge on any atom is -0.350 e. The van der Waals surface area contributed by atoms with E-state index in [1.807, 2.05) is 18.5 Å². The van der Waals surface area contributed by atoms with E-state index < -0.39 is 0 Å². The standard InChI is InChI=1S/C9H14N6/c1-6(3-10)13-9-11-4-7-8(14-9)15(2)5-12-7/h4-6H,3,10H2,1-2H3,(H,11,13,14). The molecule has 0 aliphatic rings. The summed E-state index contributed by atoms with van der Waals surface area (Å²) in [5, 5.41) is 3.11. The van der Waals surface area contributed by atoms with Crippen LogP contribution in [0.5, 0.6) is 0 Å². The molecule has 0 bridgehead atoms. The van der Waals surface area contributed by atoms with Gasteiger partial charge in [-0.05, 0) is 6.92 Å². The van der Waals surface area contributed by atoms with E-state index in [0.29, 0.717) is 12.5 Å². The van der Waals surface area contributed by atoms with Crippen molar-refractivity contribution in [3.63, 3.8) is 0 Å². The van der Waals surface area contributed by atoms with Gasteiger partial charge in [0, 0.05) is 19.6 Å². The zero-order chi connectivity index (χ0) is 10.8. The molecule has 0 aliphatic carbocycles. The lowest BCUT2D eigenvalue weighted by molar-refractivity contribution is 0.790. The normalized spacial score (nSPS) is 13.0. The Kier molecular flexibility index (Phi) is 2.51. The van der Waals surface area contributed by atoms with Crippen LogP contribution in [0.2, 0.25) is 0 Å². The molecule has 15 heavy (non-hydrogen) atoms. The van der Waals surface area contributed by atoms with Gasteiger partial charge in [-0.1, -0.05) is 0 Å². The lowest BCUT2D eigenvalue weighted by atomic mass is 10.3. The number of aryl methyl sites for hydroxylation is 1. The maximum absolute atomic E-state index is 5.51. The number of fused-ring (bicyclic) bond motifs is 1. The maximum Gasteiger partial charge on any atom is 0.225 e. The van der Waals surface area contributed by atoms with Crippen LogP contribution in [-0.2, 0) is 7.05 Å². The fourth-order valence-electron chi connectivity index (χ4n) is 1.27. The average Bonchev–Trinajstić information content (AvgIpc) is 2.60. The summed E-state index contributed by atoms with van der Waals surface area (Å²) in [7, 11) is 1.90. The number of nitrogens with one attached hydrogen (secondary N) is 1. The van der Waals surface area contributed by atoms with Crippen molar-refractivity contribution in [3.8, 4) is 0 Å². The van der Waals surface area contributed by atoms with Crippen molar-refractivity contribution in [1.29, 1.82) is 0 Å². The molecule has 0 fully saturated rings. The van der Waals surface area contributed by atoms with E-state index in [0.717, 1.165) is 11.2 Å². The Bertz CT molecular complexity index is 463. The summed E-state index contributed by atoms with van der Waals surface area (Å²) in [6.07, 6.45) is 3.42. The summed E-state index contributed by atoms with van der Waals surface area (Å²) in [5.41, 5.74) is 7.12. The van der Waals surface area contributed by atoms with E-state index >= 15 is 0 Å². The lowest BCUT2D eigenvalue weighted by Crippen LogP contribution is -2.26. The summed E-state index contributed by atoms with van der Waals surface area (Å²) < 4.78 is 1.86. The number of hydrogen-bond donors (Lipinski definition) is 2. The molecule has 0 spiro atoms. The maximum atomic E-state index is 5.51. The first-order valence-corrected chi connectivity index (χ1v) is 4.81. The van der Waals surface area contributed by atoms with Gasteiger partial charge in [-0.3, -0.25) is 0 Å². The molecule has 2 aromatic heterocycles. The van der Waals surface area contributed by atoms with Crippen LogP contribution in [-0.4, -0.2) is 32.1 Å². The van der Waals surface area contributed by atoms with Gasteiger partial charge in [0.25, 0.3) is 0 Å². The van der Waals surface area contributed by atoms with Gasteiger partial charge in [-0.25, -0.2) is 9.97 Å². The van der Waals surface area contributed by atoms with Crippen molar-refractivity contribution in [2.24, 2.45) is 12.8 Å². The molecule has 2 heterocycles. The molecule has 0 radical (unpaired) electrons. The van der Waals surface area contributed by atoms with Gasteiger partial charge in [0.1, 0.15) is 5.52 Å². The van der Waals surface area contributed by atoms with Gasteiger partial charge in [-0.2, -0.15) is 4.98 Å². The zero-order valence-corrected chi connectivity index (χ0v) is 8.81. The molecule has 1 unspecified atom stereocenters. The van der Waals surface area contributed by atoms with E-state index in [4.69, 9.17) is 5.73 Å². The Labute approximate surface area is 87.5 Å². The first-order chi connectivity index (χ1) is 7.20. The first-order valence-electron chi connectivity index (χ1n) is 4.81. The molecule has 0 amide bonds. The van der Waals surface area contributed by atoms with E-state index in [1.54, 1.807) is 12.5 Å². The van der Waals surface area contributed by atoms with Crippen molar-refractivity contribution in [2.45, 2.75) is 13.0 Å². The topological polar surface area (TPSA) is 81.6 Å². The molecule has 0 saturated heterocycles. The van der Waals surface area contributed by atoms with Crippen molar-refractivity contribution >= 4 is 17.1 Å². The van der Waals surface area contributed by atoms with Crippen LogP contribution in [0.4, 0.5) is 5.95 Å². The summed E-state index contributed by atoms with van der Waals surface area (Å²) in [4.78, 5) is 12.6. The lowest BCUT2D eigenvalue weighted by Gasteiger charge is -2.10. The zero-order valence-electron chi connectivity index (χ0n) is 8.81. The Balaban J connectivity index is 2.33. The van der Waals surface area contributed by atoms with Gasteiger partial charge in [0.15, 0.2) is 5.65 Å².